The van der Waals surface area contributed by atoms with E-state index in [4.69, 9.17) is 4.98 Å². The van der Waals surface area contributed by atoms with Gasteiger partial charge in [0.25, 0.3) is 0 Å². The number of para-hydroxylation sites is 2. The van der Waals surface area contributed by atoms with Crippen molar-refractivity contribution < 1.29 is 10.2 Å². The maximum atomic E-state index is 12.2. The fraction of sp³-hybridized carbons (Fsp3) is 0.118. The van der Waals surface area contributed by atoms with Crippen LogP contribution in [0.2, 0.25) is 0 Å². The standard InChI is InChI=1S/C51H43N3O2/c1-5-53-44-26-15-13-22-36(44)46(48(53)40-30-32(3)28-38(50(40)55)34-18-9-7-10-19-34)42-24-17-25-43(52-42)47-37-23-14-16-27-45(37)54(6-2)49(47)41-31-33(4)29-39(51(41)56)35-20-11-8-12-21-35/h7-31,55-56H,5-6H2,1-4H3. The van der Waals surface area contributed by atoms with E-state index >= 15 is 0 Å². The van der Waals surface area contributed by atoms with E-state index < -0.39 is 0 Å². The Bertz CT molecular complexity index is 2720. The van der Waals surface area contributed by atoms with Crippen LogP contribution in [0.15, 0.2) is 152 Å². The van der Waals surface area contributed by atoms with Crippen molar-refractivity contribution in [2.45, 2.75) is 40.8 Å². The van der Waals surface area contributed by atoms with Gasteiger partial charge in [-0.3, -0.25) is 0 Å². The molecular formula is C51H43N3O2. The molecule has 0 radical (unpaired) electrons. The second-order valence-electron chi connectivity index (χ2n) is 14.5. The van der Waals surface area contributed by atoms with E-state index in [0.717, 1.165) is 100 Å². The number of hydrogen-bond donors (Lipinski definition) is 2. The first-order valence-electron chi connectivity index (χ1n) is 19.4. The van der Waals surface area contributed by atoms with E-state index in [1.807, 2.05) is 60.7 Å². The minimum absolute atomic E-state index is 0.245. The Labute approximate surface area is 327 Å². The number of nitrogens with zero attached hydrogens (tertiary/aromatic N) is 3. The number of benzene rings is 6. The van der Waals surface area contributed by atoms with E-state index in [-0.39, 0.29) is 11.5 Å². The number of pyridine rings is 1. The molecule has 0 saturated carbocycles. The molecule has 56 heavy (non-hydrogen) atoms. The van der Waals surface area contributed by atoms with Gasteiger partial charge in [-0.05, 0) is 98.5 Å². The third-order valence-electron chi connectivity index (χ3n) is 11.0. The minimum Gasteiger partial charge on any atom is -0.507 e. The number of phenols is 2. The second-order valence-corrected chi connectivity index (χ2v) is 14.5. The molecule has 0 bridgehead atoms. The third-order valence-corrected chi connectivity index (χ3v) is 11.0. The number of aryl methyl sites for hydroxylation is 4. The van der Waals surface area contributed by atoms with Gasteiger partial charge < -0.3 is 19.3 Å². The van der Waals surface area contributed by atoms with Gasteiger partial charge >= 0.3 is 0 Å². The molecule has 3 aromatic heterocycles. The summed E-state index contributed by atoms with van der Waals surface area (Å²) in [6.07, 6.45) is 0. The summed E-state index contributed by atoms with van der Waals surface area (Å²) in [5.74, 6) is 0.489. The first-order chi connectivity index (χ1) is 27.4. The van der Waals surface area contributed by atoms with Gasteiger partial charge in [-0.1, -0.05) is 103 Å². The fourth-order valence-corrected chi connectivity index (χ4v) is 8.65. The molecule has 9 rings (SSSR count). The molecule has 5 nitrogen and oxygen atoms in total. The SMILES string of the molecule is CCn1c(-c2cc(C)cc(-c3ccccc3)c2O)c(-c2cccc(-c3c(-c4cc(C)cc(-c5ccccc5)c4O)n(CC)c4ccccc34)n2)c2ccccc21. The Morgan fingerprint density at radius 1 is 0.446 bits per heavy atom. The van der Waals surface area contributed by atoms with Crippen LogP contribution in [-0.4, -0.2) is 24.3 Å². The fourth-order valence-electron chi connectivity index (χ4n) is 8.65. The summed E-state index contributed by atoms with van der Waals surface area (Å²) >= 11 is 0. The van der Waals surface area contributed by atoms with Crippen LogP contribution in [0.4, 0.5) is 0 Å². The number of rotatable bonds is 8. The maximum Gasteiger partial charge on any atom is 0.132 e. The molecule has 0 aliphatic heterocycles. The number of fused-ring (bicyclic) bond motifs is 2. The minimum atomic E-state index is 0.245. The summed E-state index contributed by atoms with van der Waals surface area (Å²) in [4.78, 5) is 5.56. The molecule has 0 spiro atoms. The molecule has 0 aliphatic rings. The summed E-state index contributed by atoms with van der Waals surface area (Å²) in [6, 6.07) is 51.6. The monoisotopic (exact) mass is 729 g/mol. The predicted molar refractivity (Wildman–Crippen MR) is 232 cm³/mol. The van der Waals surface area contributed by atoms with Gasteiger partial charge in [-0.2, -0.15) is 0 Å². The van der Waals surface area contributed by atoms with Crippen molar-refractivity contribution in [1.82, 2.24) is 14.1 Å². The van der Waals surface area contributed by atoms with Gasteiger partial charge in [-0.25, -0.2) is 4.98 Å². The number of phenolic OH excluding ortho intramolecular Hbond substituents is 2. The summed E-state index contributed by atoms with van der Waals surface area (Å²) < 4.78 is 4.60. The quantitative estimate of drug-likeness (QED) is 0.164. The van der Waals surface area contributed by atoms with Crippen molar-refractivity contribution in [3.63, 3.8) is 0 Å². The molecule has 0 atom stereocenters. The summed E-state index contributed by atoms with van der Waals surface area (Å²) in [5.41, 5.74) is 14.7. The predicted octanol–water partition coefficient (Wildman–Crippen LogP) is 13.1. The van der Waals surface area contributed by atoms with Gasteiger partial charge in [0.2, 0.25) is 0 Å². The topological polar surface area (TPSA) is 63.2 Å². The highest BCUT2D eigenvalue weighted by Crippen LogP contribution is 2.49. The van der Waals surface area contributed by atoms with Crippen molar-refractivity contribution in [2.75, 3.05) is 0 Å². The average molecular weight is 730 g/mol. The van der Waals surface area contributed by atoms with Crippen molar-refractivity contribution in [3.8, 4) is 78.8 Å². The zero-order chi connectivity index (χ0) is 38.5. The second kappa shape index (κ2) is 14.1. The Kier molecular flexibility index (Phi) is 8.78. The Morgan fingerprint density at radius 2 is 0.821 bits per heavy atom. The zero-order valence-electron chi connectivity index (χ0n) is 32.1. The highest BCUT2D eigenvalue weighted by Gasteiger charge is 2.27. The molecule has 0 saturated heterocycles. The molecule has 5 heteroatoms. The number of aromatic hydroxyl groups is 2. The van der Waals surface area contributed by atoms with Crippen molar-refractivity contribution in [1.29, 1.82) is 0 Å². The van der Waals surface area contributed by atoms with Crippen LogP contribution in [-0.2, 0) is 13.1 Å². The van der Waals surface area contributed by atoms with Gasteiger partial charge in [0, 0.05) is 68.3 Å². The van der Waals surface area contributed by atoms with Crippen LogP contribution in [0.1, 0.15) is 25.0 Å². The lowest BCUT2D eigenvalue weighted by Gasteiger charge is -2.17. The average Bonchev–Trinajstić information content (AvgIpc) is 3.75. The van der Waals surface area contributed by atoms with Crippen molar-refractivity contribution >= 4 is 21.8 Å². The molecule has 0 unspecified atom stereocenters. The molecule has 0 amide bonds. The van der Waals surface area contributed by atoms with Gasteiger partial charge in [-0.15, -0.1) is 0 Å². The van der Waals surface area contributed by atoms with Crippen molar-refractivity contribution in [2.24, 2.45) is 0 Å². The molecule has 2 N–H and O–H groups in total. The normalized spacial score (nSPS) is 11.5. The molecule has 0 aliphatic carbocycles. The highest BCUT2D eigenvalue weighted by atomic mass is 16.3. The van der Waals surface area contributed by atoms with E-state index in [9.17, 15) is 10.2 Å². The highest BCUT2D eigenvalue weighted by molar-refractivity contribution is 6.08. The van der Waals surface area contributed by atoms with E-state index in [1.165, 1.54) is 0 Å². The van der Waals surface area contributed by atoms with Gasteiger partial charge in [0.15, 0.2) is 0 Å². The van der Waals surface area contributed by atoms with Crippen LogP contribution in [0.25, 0.3) is 89.1 Å². The zero-order valence-corrected chi connectivity index (χ0v) is 32.1. The summed E-state index contributed by atoms with van der Waals surface area (Å²) in [5, 5.41) is 26.5. The molecule has 3 heterocycles. The molecule has 6 aromatic carbocycles. The van der Waals surface area contributed by atoms with Crippen molar-refractivity contribution in [3.05, 3.63) is 163 Å². The van der Waals surface area contributed by atoms with E-state index in [2.05, 4.69) is 128 Å². The lowest BCUT2D eigenvalue weighted by molar-refractivity contribution is 0.478. The lowest BCUT2D eigenvalue weighted by Crippen LogP contribution is -2.00. The van der Waals surface area contributed by atoms with E-state index in [1.54, 1.807) is 0 Å². The van der Waals surface area contributed by atoms with Crippen LogP contribution in [0, 0.1) is 13.8 Å². The smallest absolute Gasteiger partial charge is 0.132 e. The Morgan fingerprint density at radius 3 is 1.23 bits per heavy atom. The van der Waals surface area contributed by atoms with Crippen LogP contribution < -0.4 is 0 Å². The molecule has 274 valence electrons. The number of aromatic nitrogens is 3. The van der Waals surface area contributed by atoms with Gasteiger partial charge in [0.05, 0.1) is 22.8 Å². The Balaban J connectivity index is 1.33. The first kappa shape index (κ1) is 34.9. The largest absolute Gasteiger partial charge is 0.507 e. The van der Waals surface area contributed by atoms with Gasteiger partial charge in [0.1, 0.15) is 11.5 Å². The molecule has 9 aromatic rings. The lowest BCUT2D eigenvalue weighted by atomic mass is 9.93. The van der Waals surface area contributed by atoms with Crippen LogP contribution in [0.5, 0.6) is 11.5 Å². The Hall–Kier alpha value is -6.85. The third kappa shape index (κ3) is 5.66. The van der Waals surface area contributed by atoms with Crippen LogP contribution in [0.3, 0.4) is 0 Å². The number of hydrogen-bond acceptors (Lipinski definition) is 3. The van der Waals surface area contributed by atoms with E-state index in [0.29, 0.717) is 13.1 Å². The molecule has 0 fully saturated rings. The first-order valence-corrected chi connectivity index (χ1v) is 19.4. The summed E-state index contributed by atoms with van der Waals surface area (Å²) in [6.45, 7) is 9.88. The summed E-state index contributed by atoms with van der Waals surface area (Å²) in [7, 11) is 0. The maximum absolute atomic E-state index is 12.2. The molecular weight excluding hydrogens is 687 g/mol. The van der Waals surface area contributed by atoms with Crippen LogP contribution >= 0.6 is 0 Å².